The lowest BCUT2D eigenvalue weighted by Crippen LogP contribution is -2.31. The Labute approximate surface area is 312 Å². The molecule has 0 bridgehead atoms. The summed E-state index contributed by atoms with van der Waals surface area (Å²) in [6.07, 6.45) is 11.2. The number of carbonyl (C=O) groups excluding carboxylic acids is 7. The van der Waals surface area contributed by atoms with Crippen LogP contribution in [0.1, 0.15) is 128 Å². The van der Waals surface area contributed by atoms with Crippen LogP contribution in [0.5, 0.6) is 0 Å². The van der Waals surface area contributed by atoms with E-state index in [1.807, 2.05) is 12.1 Å². The Hall–Kier alpha value is -4.28. The topological polar surface area (TPSA) is 227 Å². The van der Waals surface area contributed by atoms with Crippen molar-refractivity contribution in [2.45, 2.75) is 129 Å². The van der Waals surface area contributed by atoms with Crippen molar-refractivity contribution in [2.75, 3.05) is 32.7 Å². The van der Waals surface area contributed by atoms with E-state index in [1.165, 1.54) is 6.92 Å². The first-order valence-corrected chi connectivity index (χ1v) is 18.8. The van der Waals surface area contributed by atoms with Crippen LogP contribution in [0.4, 0.5) is 0 Å². The number of hydrogen-bond donors (Lipinski definition) is 5. The van der Waals surface area contributed by atoms with Gasteiger partial charge in [0, 0.05) is 103 Å². The van der Waals surface area contributed by atoms with Crippen LogP contribution in [0, 0.1) is 0 Å². The number of nitrogens with zero attached hydrogens (tertiary/aromatic N) is 4. The predicted molar refractivity (Wildman–Crippen MR) is 193 cm³/mol. The van der Waals surface area contributed by atoms with Gasteiger partial charge >= 0.3 is 0 Å². The van der Waals surface area contributed by atoms with Gasteiger partial charge in [0.1, 0.15) is 11.6 Å². The average molecular weight is 749 g/mol. The van der Waals surface area contributed by atoms with Crippen LogP contribution < -0.4 is 10.6 Å². The zero-order chi connectivity index (χ0) is 39.3. The highest BCUT2D eigenvalue weighted by molar-refractivity contribution is 5.85. The Morgan fingerprint density at radius 2 is 0.962 bits per heavy atom. The molecule has 0 radical (unpaired) electrons. The van der Waals surface area contributed by atoms with E-state index in [-0.39, 0.29) is 81.5 Å². The molecule has 0 atom stereocenters. The van der Waals surface area contributed by atoms with Crippen LogP contribution >= 0.6 is 0 Å². The lowest BCUT2D eigenvalue weighted by molar-refractivity contribution is -0.166. The molecule has 0 spiro atoms. The zero-order valence-electron chi connectivity index (χ0n) is 31.3. The second kappa shape index (κ2) is 29.2. The quantitative estimate of drug-likeness (QED) is 0.0418. The molecule has 0 saturated carbocycles. The van der Waals surface area contributed by atoms with Gasteiger partial charge in [-0.05, 0) is 75.5 Å². The lowest BCUT2D eigenvalue weighted by atomic mass is 10.1. The number of amides is 5. The zero-order valence-corrected chi connectivity index (χ0v) is 31.3. The monoisotopic (exact) mass is 748 g/mol. The summed E-state index contributed by atoms with van der Waals surface area (Å²) in [6.45, 7) is 2.54. The third-order valence-electron chi connectivity index (χ3n) is 8.51. The Balaban J connectivity index is 1.98. The number of hydroxylamine groups is 6. The van der Waals surface area contributed by atoms with Gasteiger partial charge < -0.3 is 10.6 Å². The molecule has 1 aromatic heterocycles. The normalized spacial score (nSPS) is 10.7. The Morgan fingerprint density at radius 3 is 1.51 bits per heavy atom. The number of nitrogens with one attached hydrogen (secondary N) is 2. The number of Topliss-reactive ketones (excluding diaryl/α,β-unsaturated/α-hetero) is 2. The summed E-state index contributed by atoms with van der Waals surface area (Å²) in [5.41, 5.74) is 1.03. The molecule has 1 rings (SSSR count). The molecular formula is C37H60N6O10. The smallest absolute Gasteiger partial charge is 0.246 e. The largest absolute Gasteiger partial charge is 0.356 e. The van der Waals surface area contributed by atoms with Crippen molar-refractivity contribution in [1.82, 2.24) is 30.8 Å². The van der Waals surface area contributed by atoms with Crippen LogP contribution in [-0.2, 0) is 40.0 Å². The first-order chi connectivity index (χ1) is 25.4. The van der Waals surface area contributed by atoms with Gasteiger partial charge in [-0.15, -0.1) is 0 Å². The number of ketones is 2. The molecule has 0 aliphatic heterocycles. The van der Waals surface area contributed by atoms with Crippen molar-refractivity contribution >= 4 is 41.1 Å². The number of unbranched alkanes of at least 4 members (excludes halogenated alkanes) is 7. The molecule has 53 heavy (non-hydrogen) atoms. The van der Waals surface area contributed by atoms with Gasteiger partial charge in [0.25, 0.3) is 0 Å². The maximum Gasteiger partial charge on any atom is 0.246 e. The molecule has 0 fully saturated rings. The molecule has 1 aromatic rings. The van der Waals surface area contributed by atoms with Crippen LogP contribution in [-0.4, -0.2) is 110 Å². The summed E-state index contributed by atoms with van der Waals surface area (Å²) in [5.74, 6) is -2.05. The molecule has 16 heteroatoms. The molecule has 0 aliphatic rings. The number of rotatable bonds is 31. The van der Waals surface area contributed by atoms with Crippen LogP contribution in [0.3, 0.4) is 0 Å². The van der Waals surface area contributed by atoms with Crippen molar-refractivity contribution in [1.29, 1.82) is 0 Å². The standard InChI is InChI=1S/C37H60N6O10/c1-30(44)41(51)27-9-3-2-6-12-32(45)16-19-36(49)42(52)28-10-5-8-24-40-35(48)18-20-37(50)43(53)29-11-4-7-23-39-34(47)17-15-33(46)14-13-31-21-25-38-26-22-31/h21-22,25-26,51-53H,2-20,23-24,27-29H2,1H3,(H,39,47)(H,40,48). The van der Waals surface area contributed by atoms with Crippen LogP contribution in [0.25, 0.3) is 0 Å². The molecule has 1 heterocycles. The van der Waals surface area contributed by atoms with Gasteiger partial charge in [0.05, 0.1) is 0 Å². The molecular weight excluding hydrogens is 688 g/mol. The predicted octanol–water partition coefficient (Wildman–Crippen LogP) is 3.69. The van der Waals surface area contributed by atoms with Crippen LogP contribution in [0.15, 0.2) is 24.5 Å². The highest BCUT2D eigenvalue weighted by Crippen LogP contribution is 2.09. The molecule has 0 saturated heterocycles. The van der Waals surface area contributed by atoms with E-state index in [2.05, 4.69) is 15.6 Å². The summed E-state index contributed by atoms with van der Waals surface area (Å²) >= 11 is 0. The van der Waals surface area contributed by atoms with Gasteiger partial charge in [0.2, 0.25) is 29.5 Å². The molecule has 0 aromatic carbocycles. The van der Waals surface area contributed by atoms with E-state index >= 15 is 0 Å². The molecule has 0 aliphatic carbocycles. The van der Waals surface area contributed by atoms with E-state index in [1.54, 1.807) is 12.4 Å². The number of aromatic nitrogens is 1. The van der Waals surface area contributed by atoms with Crippen molar-refractivity contribution in [2.24, 2.45) is 0 Å². The van der Waals surface area contributed by atoms with Crippen molar-refractivity contribution < 1.29 is 49.2 Å². The average Bonchev–Trinajstić information content (AvgIpc) is 3.15. The number of aryl methyl sites for hydroxylation is 1. The highest BCUT2D eigenvalue weighted by atomic mass is 16.5. The maximum absolute atomic E-state index is 12.2. The summed E-state index contributed by atoms with van der Waals surface area (Å²) in [7, 11) is 0. The van der Waals surface area contributed by atoms with E-state index in [0.717, 1.165) is 18.4 Å². The minimum atomic E-state index is -0.561. The van der Waals surface area contributed by atoms with Gasteiger partial charge in [0.15, 0.2) is 0 Å². The molecule has 5 amide bonds. The third-order valence-corrected chi connectivity index (χ3v) is 8.51. The van der Waals surface area contributed by atoms with E-state index in [9.17, 15) is 49.2 Å². The molecule has 16 nitrogen and oxygen atoms in total. The fourth-order valence-electron chi connectivity index (χ4n) is 5.16. The SMILES string of the molecule is CC(=O)N(O)CCCCCCC(=O)CCC(=O)N(O)CCCCCNC(=O)CCC(=O)N(O)CCCCCNC(=O)CCC(=O)CCc1ccncc1. The Bertz CT molecular complexity index is 1270. The van der Waals surface area contributed by atoms with E-state index < -0.39 is 17.7 Å². The van der Waals surface area contributed by atoms with Gasteiger partial charge in [-0.25, -0.2) is 15.2 Å². The van der Waals surface area contributed by atoms with Gasteiger partial charge in [-0.1, -0.05) is 12.8 Å². The minimum Gasteiger partial charge on any atom is -0.356 e. The molecule has 5 N–H and O–H groups in total. The second-order valence-electron chi connectivity index (χ2n) is 13.1. The minimum absolute atomic E-state index is 0.0323. The molecule has 0 unspecified atom stereocenters. The summed E-state index contributed by atoms with van der Waals surface area (Å²) in [4.78, 5) is 87.3. The highest BCUT2D eigenvalue weighted by Gasteiger charge is 2.15. The van der Waals surface area contributed by atoms with Crippen molar-refractivity contribution in [3.05, 3.63) is 30.1 Å². The van der Waals surface area contributed by atoms with Gasteiger partial charge in [-0.3, -0.25) is 54.2 Å². The molecule has 298 valence electrons. The lowest BCUT2D eigenvalue weighted by Gasteiger charge is -2.15. The first-order valence-electron chi connectivity index (χ1n) is 18.8. The first kappa shape index (κ1) is 46.7. The third kappa shape index (κ3) is 25.4. The van der Waals surface area contributed by atoms with E-state index in [0.29, 0.717) is 98.9 Å². The van der Waals surface area contributed by atoms with Crippen molar-refractivity contribution in [3.63, 3.8) is 0 Å². The summed E-state index contributed by atoms with van der Waals surface area (Å²) < 4.78 is 0. The van der Waals surface area contributed by atoms with Gasteiger partial charge in [-0.2, -0.15) is 0 Å². The summed E-state index contributed by atoms with van der Waals surface area (Å²) in [5, 5.41) is 36.6. The fourth-order valence-corrected chi connectivity index (χ4v) is 5.16. The maximum atomic E-state index is 12.2. The fraction of sp³-hybridized carbons (Fsp3) is 0.676. The number of hydrogen-bond acceptors (Lipinski definition) is 11. The second-order valence-corrected chi connectivity index (χ2v) is 13.1. The summed E-state index contributed by atoms with van der Waals surface area (Å²) in [6, 6.07) is 3.72. The Morgan fingerprint density at radius 1 is 0.528 bits per heavy atom. The van der Waals surface area contributed by atoms with Crippen molar-refractivity contribution in [3.8, 4) is 0 Å². The number of pyridine rings is 1. The van der Waals surface area contributed by atoms with E-state index in [4.69, 9.17) is 0 Å². The Kier molecular flexibility index (Phi) is 25.8. The van der Waals surface area contributed by atoms with Crippen LogP contribution in [0.2, 0.25) is 0 Å². The number of carbonyl (C=O) groups is 7.